The van der Waals surface area contributed by atoms with Gasteiger partial charge in [-0.05, 0) is 68.1 Å². The molecular formula is C21H26N2O. The molecule has 0 saturated heterocycles. The van der Waals surface area contributed by atoms with Gasteiger partial charge in [0.2, 0.25) is 0 Å². The molecule has 3 heteroatoms. The Balaban J connectivity index is 2.04. The van der Waals surface area contributed by atoms with Crippen LogP contribution in [0.2, 0.25) is 0 Å². The topological polar surface area (TPSA) is 51.0 Å². The van der Waals surface area contributed by atoms with E-state index in [1.807, 2.05) is 0 Å². The highest BCUT2D eigenvalue weighted by Gasteiger charge is 2.19. The van der Waals surface area contributed by atoms with Crippen molar-refractivity contribution in [3.63, 3.8) is 0 Å². The van der Waals surface area contributed by atoms with Crippen molar-refractivity contribution >= 4 is 10.9 Å². The molecule has 0 aliphatic heterocycles. The molecule has 0 saturated carbocycles. The van der Waals surface area contributed by atoms with Crippen LogP contribution < -0.4 is 10.5 Å². The van der Waals surface area contributed by atoms with Crippen LogP contribution >= 0.6 is 0 Å². The van der Waals surface area contributed by atoms with E-state index in [4.69, 9.17) is 10.5 Å². The lowest BCUT2D eigenvalue weighted by Crippen LogP contribution is -2.16. The highest BCUT2D eigenvalue weighted by Crippen LogP contribution is 2.34. The molecule has 24 heavy (non-hydrogen) atoms. The third kappa shape index (κ3) is 2.92. The highest BCUT2D eigenvalue weighted by atomic mass is 16.5. The number of H-pyrrole nitrogens is 1. The Labute approximate surface area is 143 Å². The average Bonchev–Trinajstić information content (AvgIpc) is 2.90. The van der Waals surface area contributed by atoms with Crippen LogP contribution in [0.1, 0.15) is 33.9 Å². The zero-order chi connectivity index (χ0) is 17.3. The second-order valence-electron chi connectivity index (χ2n) is 6.59. The van der Waals surface area contributed by atoms with Gasteiger partial charge in [0.05, 0.1) is 7.11 Å². The molecule has 3 N–H and O–H groups in total. The molecule has 3 rings (SSSR count). The van der Waals surface area contributed by atoms with E-state index in [1.165, 1.54) is 38.9 Å². The minimum atomic E-state index is 0.233. The number of ether oxygens (including phenoxy) is 1. The second-order valence-corrected chi connectivity index (χ2v) is 6.59. The molecule has 126 valence electrons. The molecule has 0 aliphatic carbocycles. The third-order valence-electron chi connectivity index (χ3n) is 5.05. The molecule has 0 radical (unpaired) electrons. The van der Waals surface area contributed by atoms with E-state index < -0.39 is 0 Å². The number of hydrogen-bond acceptors (Lipinski definition) is 2. The van der Waals surface area contributed by atoms with Gasteiger partial charge in [0.1, 0.15) is 5.75 Å². The summed E-state index contributed by atoms with van der Waals surface area (Å²) in [5.74, 6) is 1.17. The first-order valence-electron chi connectivity index (χ1n) is 8.46. The van der Waals surface area contributed by atoms with Gasteiger partial charge in [0.25, 0.3) is 0 Å². The van der Waals surface area contributed by atoms with Crippen LogP contribution in [0.4, 0.5) is 0 Å². The van der Waals surface area contributed by atoms with E-state index in [0.29, 0.717) is 6.54 Å². The predicted octanol–water partition coefficient (Wildman–Crippen LogP) is 4.39. The quantitative estimate of drug-likeness (QED) is 0.732. The van der Waals surface area contributed by atoms with Gasteiger partial charge in [0.15, 0.2) is 0 Å². The van der Waals surface area contributed by atoms with Gasteiger partial charge in [-0.3, -0.25) is 0 Å². The fourth-order valence-electron chi connectivity index (χ4n) is 3.47. The molecule has 1 unspecified atom stereocenters. The highest BCUT2D eigenvalue weighted by molar-refractivity contribution is 5.84. The first-order chi connectivity index (χ1) is 11.5. The minimum Gasteiger partial charge on any atom is -0.496 e. The number of aromatic amines is 1. The Morgan fingerprint density at radius 1 is 1.08 bits per heavy atom. The number of rotatable bonds is 5. The van der Waals surface area contributed by atoms with Crippen molar-refractivity contribution in [2.24, 2.45) is 5.73 Å². The SMILES string of the molecule is COc1cc(C)c(C)cc1C(CN)Cc1c(C)[nH]c2ccccc12. The number of nitrogens with one attached hydrogen (secondary N) is 1. The van der Waals surface area contributed by atoms with Gasteiger partial charge >= 0.3 is 0 Å². The maximum atomic E-state index is 6.16. The maximum absolute atomic E-state index is 6.16. The number of para-hydroxylation sites is 1. The number of fused-ring (bicyclic) bond motifs is 1. The van der Waals surface area contributed by atoms with Crippen molar-refractivity contribution in [3.8, 4) is 5.75 Å². The van der Waals surface area contributed by atoms with Gasteiger partial charge in [-0.15, -0.1) is 0 Å². The second kappa shape index (κ2) is 6.70. The smallest absolute Gasteiger partial charge is 0.122 e. The van der Waals surface area contributed by atoms with E-state index >= 15 is 0 Å². The largest absolute Gasteiger partial charge is 0.496 e. The molecule has 0 spiro atoms. The van der Waals surface area contributed by atoms with Crippen molar-refractivity contribution < 1.29 is 4.74 Å². The van der Waals surface area contributed by atoms with Crippen LogP contribution in [-0.4, -0.2) is 18.6 Å². The summed E-state index contributed by atoms with van der Waals surface area (Å²) in [6.07, 6.45) is 0.908. The van der Waals surface area contributed by atoms with E-state index in [9.17, 15) is 0 Å². The summed E-state index contributed by atoms with van der Waals surface area (Å²) < 4.78 is 5.64. The summed E-state index contributed by atoms with van der Waals surface area (Å²) in [6, 6.07) is 12.8. The van der Waals surface area contributed by atoms with Crippen molar-refractivity contribution in [1.29, 1.82) is 0 Å². The summed E-state index contributed by atoms with van der Waals surface area (Å²) >= 11 is 0. The Hall–Kier alpha value is -2.26. The fourth-order valence-corrected chi connectivity index (χ4v) is 3.47. The van der Waals surface area contributed by atoms with Gasteiger partial charge < -0.3 is 15.5 Å². The van der Waals surface area contributed by atoms with E-state index in [2.05, 4.69) is 62.2 Å². The van der Waals surface area contributed by atoms with E-state index in [-0.39, 0.29) is 5.92 Å². The fraction of sp³-hybridized carbons (Fsp3) is 0.333. The zero-order valence-corrected chi connectivity index (χ0v) is 14.9. The van der Waals surface area contributed by atoms with Crippen LogP contribution in [0.25, 0.3) is 10.9 Å². The average molecular weight is 322 g/mol. The van der Waals surface area contributed by atoms with Crippen LogP contribution in [0, 0.1) is 20.8 Å². The number of benzene rings is 2. The summed E-state index contributed by atoms with van der Waals surface area (Å²) in [5, 5.41) is 1.29. The third-order valence-corrected chi connectivity index (χ3v) is 5.05. The zero-order valence-electron chi connectivity index (χ0n) is 14.9. The summed E-state index contributed by atoms with van der Waals surface area (Å²) in [6.45, 7) is 6.99. The Kier molecular flexibility index (Phi) is 4.63. The van der Waals surface area contributed by atoms with E-state index in [1.54, 1.807) is 7.11 Å². The summed E-state index contributed by atoms with van der Waals surface area (Å²) in [7, 11) is 1.73. The Bertz CT molecular complexity index is 864. The Morgan fingerprint density at radius 2 is 1.79 bits per heavy atom. The van der Waals surface area contributed by atoms with Crippen LogP contribution in [0.15, 0.2) is 36.4 Å². The number of aryl methyl sites for hydroxylation is 3. The predicted molar refractivity (Wildman–Crippen MR) is 101 cm³/mol. The molecule has 2 aromatic carbocycles. The lowest BCUT2D eigenvalue weighted by molar-refractivity contribution is 0.404. The first-order valence-corrected chi connectivity index (χ1v) is 8.46. The molecule has 0 fully saturated rings. The molecule has 1 aromatic heterocycles. The Morgan fingerprint density at radius 3 is 2.50 bits per heavy atom. The van der Waals surface area contributed by atoms with Crippen LogP contribution in [0.5, 0.6) is 5.75 Å². The van der Waals surface area contributed by atoms with E-state index in [0.717, 1.165) is 12.2 Å². The molecule has 1 heterocycles. The minimum absolute atomic E-state index is 0.233. The standard InChI is InChI=1S/C21H26N2O/c1-13-9-19(21(24-4)10-14(13)2)16(12-22)11-18-15(3)23-20-8-6-5-7-17(18)20/h5-10,16,23H,11-12,22H2,1-4H3. The number of aromatic nitrogens is 1. The molecule has 0 bridgehead atoms. The number of hydrogen-bond donors (Lipinski definition) is 2. The van der Waals surface area contributed by atoms with Crippen molar-refractivity contribution in [3.05, 3.63) is 64.3 Å². The molecule has 3 nitrogen and oxygen atoms in total. The van der Waals surface area contributed by atoms with Gasteiger partial charge in [0, 0.05) is 22.5 Å². The van der Waals surface area contributed by atoms with Crippen molar-refractivity contribution in [2.45, 2.75) is 33.1 Å². The molecule has 3 aromatic rings. The molecule has 0 amide bonds. The summed E-state index contributed by atoms with van der Waals surface area (Å²) in [4.78, 5) is 3.48. The maximum Gasteiger partial charge on any atom is 0.122 e. The monoisotopic (exact) mass is 322 g/mol. The normalized spacial score (nSPS) is 12.5. The number of methoxy groups -OCH3 is 1. The lowest BCUT2D eigenvalue weighted by atomic mass is 9.88. The number of nitrogens with two attached hydrogens (primary N) is 1. The van der Waals surface area contributed by atoms with Crippen molar-refractivity contribution in [2.75, 3.05) is 13.7 Å². The lowest BCUT2D eigenvalue weighted by Gasteiger charge is -2.20. The molecular weight excluding hydrogens is 296 g/mol. The van der Waals surface area contributed by atoms with Crippen LogP contribution in [-0.2, 0) is 6.42 Å². The van der Waals surface area contributed by atoms with Gasteiger partial charge in [-0.2, -0.15) is 0 Å². The van der Waals surface area contributed by atoms with Crippen LogP contribution in [0.3, 0.4) is 0 Å². The summed E-state index contributed by atoms with van der Waals surface area (Å²) in [5.41, 5.74) is 13.6. The van der Waals surface area contributed by atoms with Crippen molar-refractivity contribution in [1.82, 2.24) is 4.98 Å². The van der Waals surface area contributed by atoms with Gasteiger partial charge in [-0.25, -0.2) is 0 Å². The van der Waals surface area contributed by atoms with Gasteiger partial charge in [-0.1, -0.05) is 24.3 Å². The first kappa shape index (κ1) is 16.6. The molecule has 1 atom stereocenters. The molecule has 0 aliphatic rings.